The minimum Gasteiger partial charge on any atom is -0.313 e. The van der Waals surface area contributed by atoms with Gasteiger partial charge in [0.1, 0.15) is 5.03 Å². The maximum absolute atomic E-state index is 4.63. The lowest BCUT2D eigenvalue weighted by Crippen LogP contribution is -2.14. The summed E-state index contributed by atoms with van der Waals surface area (Å²) in [6, 6.07) is 8.82. The summed E-state index contributed by atoms with van der Waals surface area (Å²) < 4.78 is 0. The molecule has 0 fully saturated rings. The van der Waals surface area contributed by atoms with Gasteiger partial charge in [-0.1, -0.05) is 30.8 Å². The summed E-state index contributed by atoms with van der Waals surface area (Å²) in [7, 11) is 0. The van der Waals surface area contributed by atoms with E-state index in [1.807, 2.05) is 6.20 Å². The Labute approximate surface area is 132 Å². The molecule has 1 aromatic carbocycles. The van der Waals surface area contributed by atoms with E-state index in [4.69, 9.17) is 0 Å². The Morgan fingerprint density at radius 2 is 1.86 bits per heavy atom. The van der Waals surface area contributed by atoms with Crippen LogP contribution in [-0.2, 0) is 6.54 Å². The third-order valence-electron chi connectivity index (χ3n) is 3.54. The van der Waals surface area contributed by atoms with Crippen molar-refractivity contribution in [3.63, 3.8) is 0 Å². The Morgan fingerprint density at radius 3 is 2.52 bits per heavy atom. The lowest BCUT2D eigenvalue weighted by atomic mass is 10.1. The molecule has 0 radical (unpaired) electrons. The summed E-state index contributed by atoms with van der Waals surface area (Å²) >= 11 is 1.74. The monoisotopic (exact) mass is 300 g/mol. The number of pyridine rings is 1. The van der Waals surface area contributed by atoms with Crippen molar-refractivity contribution in [2.24, 2.45) is 0 Å². The molecule has 2 rings (SSSR count). The molecule has 21 heavy (non-hydrogen) atoms. The third kappa shape index (κ3) is 4.58. The van der Waals surface area contributed by atoms with E-state index in [0.717, 1.165) is 24.5 Å². The lowest BCUT2D eigenvalue weighted by Gasteiger charge is -2.09. The topological polar surface area (TPSA) is 24.9 Å². The molecule has 0 saturated heterocycles. The standard InChI is InChI=1S/C18H24N2S/c1-5-8-19-11-16-9-15(4)18(20-12-16)21-17-7-6-13(2)14(3)10-17/h6-7,9-10,12,19H,5,8,11H2,1-4H3. The second kappa shape index (κ2) is 7.62. The van der Waals surface area contributed by atoms with Crippen molar-refractivity contribution in [1.82, 2.24) is 10.3 Å². The highest BCUT2D eigenvalue weighted by Crippen LogP contribution is 2.30. The molecular formula is C18H24N2S. The fourth-order valence-electron chi connectivity index (χ4n) is 2.12. The van der Waals surface area contributed by atoms with Crippen LogP contribution in [-0.4, -0.2) is 11.5 Å². The van der Waals surface area contributed by atoms with E-state index in [1.165, 1.54) is 27.1 Å². The van der Waals surface area contributed by atoms with Gasteiger partial charge in [-0.3, -0.25) is 0 Å². The number of hydrogen-bond donors (Lipinski definition) is 1. The van der Waals surface area contributed by atoms with Gasteiger partial charge in [-0.25, -0.2) is 4.98 Å². The molecule has 0 spiro atoms. The Balaban J connectivity index is 2.08. The molecule has 1 heterocycles. The van der Waals surface area contributed by atoms with Crippen molar-refractivity contribution in [2.75, 3.05) is 6.54 Å². The quantitative estimate of drug-likeness (QED) is 0.786. The molecule has 112 valence electrons. The number of nitrogens with zero attached hydrogens (tertiary/aromatic N) is 1. The zero-order valence-electron chi connectivity index (χ0n) is 13.4. The van der Waals surface area contributed by atoms with Gasteiger partial charge >= 0.3 is 0 Å². The van der Waals surface area contributed by atoms with Gasteiger partial charge in [-0.2, -0.15) is 0 Å². The van der Waals surface area contributed by atoms with Gasteiger partial charge in [0.2, 0.25) is 0 Å². The van der Waals surface area contributed by atoms with Gasteiger partial charge in [0.15, 0.2) is 0 Å². The van der Waals surface area contributed by atoms with Crippen LogP contribution in [0, 0.1) is 20.8 Å². The van der Waals surface area contributed by atoms with Gasteiger partial charge < -0.3 is 5.32 Å². The number of aryl methyl sites for hydroxylation is 3. The molecule has 0 aliphatic heterocycles. The maximum atomic E-state index is 4.63. The predicted molar refractivity (Wildman–Crippen MR) is 91.0 cm³/mol. The van der Waals surface area contributed by atoms with E-state index in [0.29, 0.717) is 0 Å². The summed E-state index contributed by atoms with van der Waals surface area (Å²) in [6.07, 6.45) is 3.15. The van der Waals surface area contributed by atoms with Gasteiger partial charge in [0, 0.05) is 17.6 Å². The Morgan fingerprint density at radius 1 is 1.05 bits per heavy atom. The van der Waals surface area contributed by atoms with E-state index in [1.54, 1.807) is 11.8 Å². The number of aromatic nitrogens is 1. The van der Waals surface area contributed by atoms with Crippen LogP contribution in [0.25, 0.3) is 0 Å². The SMILES string of the molecule is CCCNCc1cnc(Sc2ccc(C)c(C)c2)c(C)c1. The Bertz CT molecular complexity index is 608. The largest absolute Gasteiger partial charge is 0.313 e. The molecule has 0 aliphatic carbocycles. The first kappa shape index (κ1) is 16.1. The van der Waals surface area contributed by atoms with Crippen molar-refractivity contribution in [2.45, 2.75) is 50.6 Å². The van der Waals surface area contributed by atoms with Crippen LogP contribution >= 0.6 is 11.8 Å². The molecule has 0 saturated carbocycles. The zero-order valence-corrected chi connectivity index (χ0v) is 14.2. The van der Waals surface area contributed by atoms with Gasteiger partial charge in [-0.15, -0.1) is 0 Å². The predicted octanol–water partition coefficient (Wildman–Crippen LogP) is 4.66. The smallest absolute Gasteiger partial charge is 0.104 e. The Hall–Kier alpha value is -1.32. The first-order valence-electron chi connectivity index (χ1n) is 7.51. The maximum Gasteiger partial charge on any atom is 0.104 e. The second-order valence-electron chi connectivity index (χ2n) is 5.49. The van der Waals surface area contributed by atoms with E-state index >= 15 is 0 Å². The normalized spacial score (nSPS) is 10.9. The number of nitrogens with one attached hydrogen (secondary N) is 1. The average molecular weight is 300 g/mol. The molecule has 0 amide bonds. The molecule has 1 aromatic heterocycles. The van der Waals surface area contributed by atoms with Crippen molar-refractivity contribution in [3.8, 4) is 0 Å². The van der Waals surface area contributed by atoms with Crippen LogP contribution in [0.3, 0.4) is 0 Å². The van der Waals surface area contributed by atoms with Crippen LogP contribution in [0.2, 0.25) is 0 Å². The van der Waals surface area contributed by atoms with Crippen molar-refractivity contribution in [1.29, 1.82) is 0 Å². The fraction of sp³-hybridized carbons (Fsp3) is 0.389. The van der Waals surface area contributed by atoms with Crippen LogP contribution in [0.5, 0.6) is 0 Å². The van der Waals surface area contributed by atoms with Crippen molar-refractivity contribution in [3.05, 3.63) is 52.7 Å². The molecule has 0 aliphatic rings. The highest BCUT2D eigenvalue weighted by molar-refractivity contribution is 7.99. The highest BCUT2D eigenvalue weighted by atomic mass is 32.2. The summed E-state index contributed by atoms with van der Waals surface area (Å²) in [4.78, 5) is 5.88. The molecule has 0 atom stereocenters. The Kier molecular flexibility index (Phi) is 5.83. The van der Waals surface area contributed by atoms with Crippen molar-refractivity contribution >= 4 is 11.8 Å². The zero-order chi connectivity index (χ0) is 15.2. The molecule has 2 aromatic rings. The number of benzene rings is 1. The molecule has 0 unspecified atom stereocenters. The van der Waals surface area contributed by atoms with Crippen LogP contribution in [0.4, 0.5) is 0 Å². The molecule has 2 nitrogen and oxygen atoms in total. The van der Waals surface area contributed by atoms with Crippen molar-refractivity contribution < 1.29 is 0 Å². The molecule has 1 N–H and O–H groups in total. The average Bonchev–Trinajstić information content (AvgIpc) is 2.46. The van der Waals surface area contributed by atoms with E-state index in [-0.39, 0.29) is 0 Å². The van der Waals surface area contributed by atoms with Crippen LogP contribution < -0.4 is 5.32 Å². The highest BCUT2D eigenvalue weighted by Gasteiger charge is 2.05. The van der Waals surface area contributed by atoms with E-state index in [9.17, 15) is 0 Å². The van der Waals surface area contributed by atoms with E-state index < -0.39 is 0 Å². The summed E-state index contributed by atoms with van der Waals surface area (Å²) in [5, 5.41) is 4.51. The van der Waals surface area contributed by atoms with E-state index in [2.05, 4.69) is 62.3 Å². The molecule has 0 bridgehead atoms. The summed E-state index contributed by atoms with van der Waals surface area (Å²) in [5.41, 5.74) is 5.17. The van der Waals surface area contributed by atoms with Crippen LogP contribution in [0.15, 0.2) is 40.4 Å². The number of rotatable bonds is 6. The lowest BCUT2D eigenvalue weighted by molar-refractivity contribution is 0.672. The minimum absolute atomic E-state index is 0.899. The van der Waals surface area contributed by atoms with Crippen LogP contribution in [0.1, 0.15) is 35.6 Å². The van der Waals surface area contributed by atoms with Gasteiger partial charge in [0.05, 0.1) is 0 Å². The first-order valence-corrected chi connectivity index (χ1v) is 8.33. The fourth-order valence-corrected chi connectivity index (χ4v) is 3.04. The van der Waals surface area contributed by atoms with Gasteiger partial charge in [0.25, 0.3) is 0 Å². The summed E-state index contributed by atoms with van der Waals surface area (Å²) in [5.74, 6) is 0. The minimum atomic E-state index is 0.899. The second-order valence-corrected chi connectivity index (χ2v) is 6.55. The third-order valence-corrected chi connectivity index (χ3v) is 4.65. The van der Waals surface area contributed by atoms with Gasteiger partial charge in [-0.05, 0) is 68.1 Å². The first-order chi connectivity index (χ1) is 10.1. The molecular weight excluding hydrogens is 276 g/mol. The number of hydrogen-bond acceptors (Lipinski definition) is 3. The molecule has 3 heteroatoms. The summed E-state index contributed by atoms with van der Waals surface area (Å²) in [6.45, 7) is 10.6.